The molecule has 5 atom stereocenters. The van der Waals surface area contributed by atoms with E-state index in [-0.39, 0.29) is 17.5 Å². The number of aliphatic hydroxyl groups is 1. The lowest BCUT2D eigenvalue weighted by molar-refractivity contribution is -0.549. The van der Waals surface area contributed by atoms with E-state index in [0.717, 1.165) is 4.58 Å². The molecule has 0 bridgehead atoms. The molecule has 0 radical (unpaired) electrons. The molecule has 0 saturated carbocycles. The van der Waals surface area contributed by atoms with E-state index < -0.39 is 52.4 Å². The van der Waals surface area contributed by atoms with Gasteiger partial charge in [-0.2, -0.15) is 4.31 Å². The molecular formula is C11H16FN5O10P2+2. The van der Waals surface area contributed by atoms with Gasteiger partial charge in [0.05, 0.1) is 6.61 Å². The summed E-state index contributed by atoms with van der Waals surface area (Å²) < 4.78 is 52.2. The fraction of sp³-hybridized carbons (Fsp3) is 0.545. The Morgan fingerprint density at radius 1 is 1.41 bits per heavy atom. The van der Waals surface area contributed by atoms with Crippen LogP contribution in [-0.4, -0.2) is 83.2 Å². The first-order chi connectivity index (χ1) is 13.3. The van der Waals surface area contributed by atoms with E-state index in [9.17, 15) is 28.3 Å². The molecule has 0 amide bonds. The fourth-order valence-corrected chi connectivity index (χ4v) is 4.35. The summed E-state index contributed by atoms with van der Waals surface area (Å²) in [4.78, 5) is 44.5. The Labute approximate surface area is 160 Å². The summed E-state index contributed by atoms with van der Waals surface area (Å²) in [5.74, 6) is -0.367. The smallest absolute Gasteiger partial charge is 0.387 e. The van der Waals surface area contributed by atoms with Gasteiger partial charge >= 0.3 is 44.9 Å². The number of H-pyrrole nitrogens is 1. The number of aromatic nitrogens is 2. The minimum absolute atomic E-state index is 0.0147. The van der Waals surface area contributed by atoms with Crippen molar-refractivity contribution < 1.29 is 56.0 Å². The van der Waals surface area contributed by atoms with Crippen LogP contribution in [0.4, 0.5) is 21.8 Å². The summed E-state index contributed by atoms with van der Waals surface area (Å²) in [6, 6.07) is 2.58. The number of hydrogen-bond donors (Lipinski definition) is 6. The van der Waals surface area contributed by atoms with Crippen LogP contribution in [0.2, 0.25) is 0 Å². The summed E-state index contributed by atoms with van der Waals surface area (Å²) in [5, 5.41) is 10.0. The monoisotopic (exact) mass is 459 g/mol. The van der Waals surface area contributed by atoms with Crippen molar-refractivity contribution in [2.24, 2.45) is 0 Å². The minimum Gasteiger partial charge on any atom is -0.387 e. The quantitative estimate of drug-likeness (QED) is 0.203. The highest BCUT2D eigenvalue weighted by Crippen LogP contribution is 2.57. The van der Waals surface area contributed by atoms with Crippen molar-refractivity contribution in [3.8, 4) is 0 Å². The molecule has 1 aromatic heterocycles. The van der Waals surface area contributed by atoms with Crippen molar-refractivity contribution in [1.29, 1.82) is 0 Å². The number of phosphoric ester groups is 1. The molecule has 3 heterocycles. The van der Waals surface area contributed by atoms with E-state index in [1.165, 1.54) is 11.6 Å². The van der Waals surface area contributed by atoms with Gasteiger partial charge in [0.15, 0.2) is 7.05 Å². The van der Waals surface area contributed by atoms with Gasteiger partial charge in [0.2, 0.25) is 12.1 Å². The Bertz CT molecular complexity index is 1060. The van der Waals surface area contributed by atoms with Crippen molar-refractivity contribution in [3.05, 3.63) is 10.4 Å². The Morgan fingerprint density at radius 3 is 2.69 bits per heavy atom. The Balaban J connectivity index is 1.80. The van der Waals surface area contributed by atoms with Crippen LogP contribution in [0.25, 0.3) is 0 Å². The molecule has 0 spiro atoms. The van der Waals surface area contributed by atoms with Crippen LogP contribution in [0.1, 0.15) is 0 Å². The number of nitrogens with zero attached hydrogens (tertiary/aromatic N) is 3. The molecule has 1 fully saturated rings. The van der Waals surface area contributed by atoms with Gasteiger partial charge in [-0.15, -0.1) is 4.98 Å². The van der Waals surface area contributed by atoms with Crippen LogP contribution < -0.4 is 11.3 Å². The van der Waals surface area contributed by atoms with Crippen LogP contribution in [-0.2, 0) is 22.7 Å². The largest absolute Gasteiger partial charge is 0.493 e. The van der Waals surface area contributed by atoms with Crippen LogP contribution in [0.5, 0.6) is 0 Å². The lowest BCUT2D eigenvalue weighted by atomic mass is 10.1. The van der Waals surface area contributed by atoms with Gasteiger partial charge in [-0.25, -0.2) is 13.5 Å². The van der Waals surface area contributed by atoms with Crippen molar-refractivity contribution in [2.45, 2.75) is 24.6 Å². The van der Waals surface area contributed by atoms with Gasteiger partial charge in [-0.05, 0) is 4.58 Å². The molecule has 1 aromatic rings. The van der Waals surface area contributed by atoms with Gasteiger partial charge in [0.25, 0.3) is 0 Å². The lowest BCUT2D eigenvalue weighted by Crippen LogP contribution is -2.34. The molecule has 2 aliphatic rings. The number of halogens is 1. The number of hydrogen-bond acceptors (Lipinski definition) is 9. The highest BCUT2D eigenvalue weighted by Gasteiger charge is 2.56. The predicted molar refractivity (Wildman–Crippen MR) is 88.5 cm³/mol. The molecule has 15 nitrogen and oxygen atoms in total. The maximum atomic E-state index is 14.6. The molecule has 1 saturated heterocycles. The topological polar surface area (TPSA) is 221 Å². The minimum atomic E-state index is -5.35. The number of alkyl halides is 1. The maximum absolute atomic E-state index is 14.6. The van der Waals surface area contributed by atoms with E-state index in [2.05, 4.69) is 24.8 Å². The highest BCUT2D eigenvalue weighted by molar-refractivity contribution is 7.60. The van der Waals surface area contributed by atoms with Crippen LogP contribution in [0.3, 0.4) is 0 Å². The van der Waals surface area contributed by atoms with E-state index in [0.29, 0.717) is 0 Å². The predicted octanol–water partition coefficient (Wildman–Crippen LogP) is -1.89. The molecular weight excluding hydrogens is 443 g/mol. The average Bonchev–Trinajstić information content (AvgIpc) is 3.01. The van der Waals surface area contributed by atoms with E-state index in [4.69, 9.17) is 20.3 Å². The van der Waals surface area contributed by atoms with E-state index in [1.807, 2.05) is 0 Å². The van der Waals surface area contributed by atoms with Gasteiger partial charge in [-0.3, -0.25) is 14.3 Å². The normalized spacial score (nSPS) is 28.6. The lowest BCUT2D eigenvalue weighted by Gasteiger charge is -2.16. The number of fused-ring (bicyclic) bond motifs is 1. The van der Waals surface area contributed by atoms with Gasteiger partial charge < -0.3 is 30.3 Å². The zero-order valence-corrected chi connectivity index (χ0v) is 16.2. The summed E-state index contributed by atoms with van der Waals surface area (Å²) in [6.07, 6.45) is -7.09. The van der Waals surface area contributed by atoms with Crippen molar-refractivity contribution in [1.82, 2.24) is 9.97 Å². The van der Waals surface area contributed by atoms with Crippen molar-refractivity contribution in [3.63, 3.8) is 0 Å². The summed E-state index contributed by atoms with van der Waals surface area (Å²) in [7, 11) is -9.15. The van der Waals surface area contributed by atoms with Gasteiger partial charge in [-0.1, -0.05) is 4.58 Å². The number of nitrogens with one attached hydrogen (secondary N) is 1. The Kier molecular flexibility index (Phi) is 5.62. The Morgan fingerprint density at radius 2 is 2.07 bits per heavy atom. The van der Waals surface area contributed by atoms with Crippen molar-refractivity contribution in [2.75, 3.05) is 19.4 Å². The molecule has 2 unspecified atom stereocenters. The molecule has 0 aromatic carbocycles. The molecule has 0 aliphatic carbocycles. The molecule has 7 N–H and O–H groups in total. The number of rotatable bonds is 6. The first-order valence-electron chi connectivity index (χ1n) is 7.70. The fourth-order valence-electron chi connectivity index (χ4n) is 2.75. The second-order valence-corrected chi connectivity index (χ2v) is 8.82. The van der Waals surface area contributed by atoms with E-state index >= 15 is 0 Å². The third-order valence-corrected chi connectivity index (χ3v) is 6.03. The van der Waals surface area contributed by atoms with Gasteiger partial charge in [0, 0.05) is 0 Å². The molecule has 18 heteroatoms. The third-order valence-electron chi connectivity index (χ3n) is 3.88. The number of aromatic amines is 1. The number of nitrogens with two attached hydrogens (primary N) is 1. The van der Waals surface area contributed by atoms with Crippen LogP contribution in [0, 0.1) is 0 Å². The highest BCUT2D eigenvalue weighted by atomic mass is 31.3. The number of phosphoric acid groups is 2. The average molecular weight is 459 g/mol. The maximum Gasteiger partial charge on any atom is 0.493 e. The first kappa shape index (κ1) is 21.9. The van der Waals surface area contributed by atoms with Crippen LogP contribution in [0.15, 0.2) is 4.79 Å². The summed E-state index contributed by atoms with van der Waals surface area (Å²) >= 11 is 0. The standard InChI is InChI=1S/C11H14FN5O10P2/c1-16-3-17(8-6(16)9(19)15-11(13)14-8)10-5(12)7(18)4(26-10)2-25-29(23,24)27-28(20,21)22/h4-5,7,10,18H,2H2,1H3,(H4-2,13,14,15,19,20,21,22,23,24)/p+2/t4-,5+,7?,10-/m1/s1. The third kappa shape index (κ3) is 4.52. The second-order valence-electron chi connectivity index (χ2n) is 5.99. The molecule has 2 aliphatic heterocycles. The number of aliphatic hydroxyl groups excluding tert-OH is 1. The first-order valence-corrected chi connectivity index (χ1v) is 10.7. The molecule has 3 rings (SSSR count). The van der Waals surface area contributed by atoms with E-state index in [1.54, 1.807) is 0 Å². The second kappa shape index (κ2) is 7.45. The zero-order chi connectivity index (χ0) is 21.7. The number of nitrogen functional groups attached to an aromatic ring is 1. The molecule has 160 valence electrons. The molecule has 29 heavy (non-hydrogen) atoms. The van der Waals surface area contributed by atoms with Gasteiger partial charge in [0.1, 0.15) is 12.2 Å². The van der Waals surface area contributed by atoms with Crippen LogP contribution >= 0.6 is 15.6 Å². The SMILES string of the molecule is C[N+]1=C=[N+]([C@@H]2O[C@H](COP(=O)(O)OP(=O)(O)O)C(O)[C@@H]2F)c2nc(N)[nH]c(=O)c21. The number of ether oxygens (including phenoxy) is 1. The summed E-state index contributed by atoms with van der Waals surface area (Å²) in [5.41, 5.74) is 4.85. The summed E-state index contributed by atoms with van der Waals surface area (Å²) in [6.45, 7) is -0.951. The number of anilines is 1. The Hall–Kier alpha value is -1.83. The van der Waals surface area contributed by atoms with Crippen molar-refractivity contribution >= 4 is 39.1 Å². The zero-order valence-electron chi connectivity index (χ0n) is 14.4.